The molecule has 0 aromatic heterocycles. The third kappa shape index (κ3) is 1.30. The smallest absolute Gasteiger partial charge is 0.223 e. The molecule has 1 heterocycles. The van der Waals surface area contributed by atoms with E-state index in [1.165, 1.54) is 0 Å². The topological polar surface area (TPSA) is 49.3 Å². The number of rotatable bonds is 2. The Hall–Kier alpha value is -1.51. The number of aromatic hydroxyl groups is 1. The number of phenolic OH excluding ortho intramolecular Hbond substituents is 1. The van der Waals surface area contributed by atoms with Gasteiger partial charge in [0.1, 0.15) is 5.75 Å². The number of amides is 1. The third-order valence-corrected chi connectivity index (χ3v) is 3.59. The van der Waals surface area contributed by atoms with Crippen LogP contribution in [0.4, 0.5) is 0 Å². The zero-order valence-electron chi connectivity index (χ0n) is 8.36. The molecule has 2 aliphatic rings. The van der Waals surface area contributed by atoms with Gasteiger partial charge in [-0.05, 0) is 30.5 Å². The summed E-state index contributed by atoms with van der Waals surface area (Å²) in [4.78, 5) is 11.3. The molecule has 1 aromatic carbocycles. The van der Waals surface area contributed by atoms with E-state index in [4.69, 9.17) is 0 Å². The molecule has 1 saturated heterocycles. The van der Waals surface area contributed by atoms with Crippen molar-refractivity contribution in [3.05, 3.63) is 29.8 Å². The van der Waals surface area contributed by atoms with Crippen LogP contribution in [0.2, 0.25) is 0 Å². The largest absolute Gasteiger partial charge is 0.508 e. The van der Waals surface area contributed by atoms with Crippen molar-refractivity contribution in [3.8, 4) is 5.75 Å². The second-order valence-corrected chi connectivity index (χ2v) is 4.68. The number of fused-ring (bicyclic) bond motifs is 1. The molecule has 1 saturated carbocycles. The summed E-state index contributed by atoms with van der Waals surface area (Å²) in [7, 11) is 0. The quantitative estimate of drug-likeness (QED) is 0.755. The van der Waals surface area contributed by atoms with Gasteiger partial charge in [0.05, 0.1) is 0 Å². The highest BCUT2D eigenvalue weighted by Crippen LogP contribution is 2.57. The molecule has 1 aromatic rings. The molecule has 3 nitrogen and oxygen atoms in total. The minimum Gasteiger partial charge on any atom is -0.508 e. The highest BCUT2D eigenvalue weighted by atomic mass is 16.3. The van der Waals surface area contributed by atoms with Gasteiger partial charge in [-0.2, -0.15) is 0 Å². The van der Waals surface area contributed by atoms with Crippen LogP contribution in [-0.2, 0) is 11.2 Å². The lowest BCUT2D eigenvalue weighted by molar-refractivity contribution is -0.120. The number of hydrogen-bond acceptors (Lipinski definition) is 2. The Labute approximate surface area is 88.1 Å². The Kier molecular flexibility index (Phi) is 1.61. The van der Waals surface area contributed by atoms with Gasteiger partial charge in [0.25, 0.3) is 0 Å². The Morgan fingerprint density at radius 1 is 1.53 bits per heavy atom. The van der Waals surface area contributed by atoms with Crippen molar-refractivity contribution in [2.24, 2.45) is 11.3 Å². The lowest BCUT2D eigenvalue weighted by Crippen LogP contribution is -2.21. The van der Waals surface area contributed by atoms with Crippen LogP contribution in [0, 0.1) is 11.3 Å². The number of carbonyl (C=O) groups excluding carboxylic acids is 1. The van der Waals surface area contributed by atoms with Crippen molar-refractivity contribution in [1.29, 1.82) is 0 Å². The van der Waals surface area contributed by atoms with Gasteiger partial charge in [-0.25, -0.2) is 0 Å². The molecule has 1 amide bonds. The van der Waals surface area contributed by atoms with Crippen molar-refractivity contribution in [1.82, 2.24) is 5.32 Å². The standard InChI is InChI=1S/C12H13NO2/c14-9-3-1-2-8(4-9)5-12-6-10(12)11(15)13-7-12/h1-4,10,14H,5-7H2,(H,13,15). The van der Waals surface area contributed by atoms with Crippen molar-refractivity contribution in [3.63, 3.8) is 0 Å². The summed E-state index contributed by atoms with van der Waals surface area (Å²) in [5, 5.41) is 12.2. The average Bonchev–Trinajstić information content (AvgIpc) is 2.82. The van der Waals surface area contributed by atoms with E-state index in [0.717, 1.165) is 24.9 Å². The maximum Gasteiger partial charge on any atom is 0.223 e. The molecule has 1 aliphatic heterocycles. The summed E-state index contributed by atoms with van der Waals surface area (Å²) in [6.45, 7) is 0.798. The van der Waals surface area contributed by atoms with Gasteiger partial charge in [-0.15, -0.1) is 0 Å². The van der Waals surface area contributed by atoms with Crippen LogP contribution in [-0.4, -0.2) is 17.6 Å². The molecular formula is C12H13NO2. The zero-order chi connectivity index (χ0) is 10.5. The molecule has 2 unspecified atom stereocenters. The number of benzene rings is 1. The van der Waals surface area contributed by atoms with E-state index in [-0.39, 0.29) is 17.2 Å². The molecule has 3 heteroatoms. The minimum absolute atomic E-state index is 0.158. The SMILES string of the molecule is O=C1NCC2(Cc3cccc(O)c3)CC12. The van der Waals surface area contributed by atoms with Crippen LogP contribution in [0.15, 0.2) is 24.3 Å². The first-order valence-electron chi connectivity index (χ1n) is 5.25. The molecule has 2 atom stereocenters. The lowest BCUT2D eigenvalue weighted by atomic mass is 9.95. The first-order valence-corrected chi connectivity index (χ1v) is 5.25. The summed E-state index contributed by atoms with van der Waals surface area (Å²) >= 11 is 0. The predicted octanol–water partition coefficient (Wildman–Crippen LogP) is 1.07. The Bertz CT molecular complexity index is 429. The van der Waals surface area contributed by atoms with Crippen molar-refractivity contribution < 1.29 is 9.90 Å². The second-order valence-electron chi connectivity index (χ2n) is 4.68. The average molecular weight is 203 g/mol. The molecule has 0 spiro atoms. The highest BCUT2D eigenvalue weighted by molar-refractivity contribution is 5.85. The fourth-order valence-electron chi connectivity index (χ4n) is 2.63. The molecule has 3 rings (SSSR count). The minimum atomic E-state index is 0.158. The molecule has 78 valence electrons. The molecule has 2 fully saturated rings. The summed E-state index contributed by atoms with van der Waals surface area (Å²) < 4.78 is 0. The van der Waals surface area contributed by atoms with Gasteiger partial charge < -0.3 is 10.4 Å². The number of piperidine rings is 1. The second kappa shape index (κ2) is 2.75. The van der Waals surface area contributed by atoms with Gasteiger partial charge >= 0.3 is 0 Å². The number of nitrogens with one attached hydrogen (secondary N) is 1. The van der Waals surface area contributed by atoms with Gasteiger partial charge in [-0.3, -0.25) is 4.79 Å². The van der Waals surface area contributed by atoms with Crippen LogP contribution in [0.25, 0.3) is 0 Å². The number of carbonyl (C=O) groups is 1. The van der Waals surface area contributed by atoms with E-state index in [1.807, 2.05) is 12.1 Å². The summed E-state index contributed by atoms with van der Waals surface area (Å²) in [6.07, 6.45) is 1.90. The van der Waals surface area contributed by atoms with Gasteiger partial charge in [0, 0.05) is 17.9 Å². The Morgan fingerprint density at radius 2 is 2.40 bits per heavy atom. The lowest BCUT2D eigenvalue weighted by Gasteiger charge is -2.10. The van der Waals surface area contributed by atoms with Crippen LogP contribution in [0.1, 0.15) is 12.0 Å². The van der Waals surface area contributed by atoms with E-state index in [2.05, 4.69) is 5.32 Å². The number of phenols is 1. The van der Waals surface area contributed by atoms with E-state index < -0.39 is 0 Å². The maximum atomic E-state index is 11.3. The highest BCUT2D eigenvalue weighted by Gasteiger charge is 2.61. The van der Waals surface area contributed by atoms with Crippen LogP contribution < -0.4 is 5.32 Å². The Balaban J connectivity index is 1.80. The fourth-order valence-corrected chi connectivity index (χ4v) is 2.63. The first-order chi connectivity index (χ1) is 7.20. The maximum absolute atomic E-state index is 11.3. The molecule has 0 bridgehead atoms. The van der Waals surface area contributed by atoms with Gasteiger partial charge in [0.15, 0.2) is 0 Å². The number of hydrogen-bond donors (Lipinski definition) is 2. The summed E-state index contributed by atoms with van der Waals surface area (Å²) in [6, 6.07) is 7.31. The van der Waals surface area contributed by atoms with Crippen molar-refractivity contribution >= 4 is 5.91 Å². The molecule has 15 heavy (non-hydrogen) atoms. The zero-order valence-corrected chi connectivity index (χ0v) is 8.36. The molecule has 0 radical (unpaired) electrons. The van der Waals surface area contributed by atoms with E-state index in [0.29, 0.717) is 5.75 Å². The molecule has 1 aliphatic carbocycles. The van der Waals surface area contributed by atoms with Crippen LogP contribution >= 0.6 is 0 Å². The third-order valence-electron chi connectivity index (χ3n) is 3.59. The van der Waals surface area contributed by atoms with Crippen molar-refractivity contribution in [2.45, 2.75) is 12.8 Å². The molecular weight excluding hydrogens is 190 g/mol. The normalized spacial score (nSPS) is 32.3. The van der Waals surface area contributed by atoms with Crippen molar-refractivity contribution in [2.75, 3.05) is 6.54 Å². The van der Waals surface area contributed by atoms with Gasteiger partial charge in [-0.1, -0.05) is 12.1 Å². The summed E-state index contributed by atoms with van der Waals surface area (Å²) in [5.74, 6) is 0.730. The fraction of sp³-hybridized carbons (Fsp3) is 0.417. The Morgan fingerprint density at radius 3 is 3.00 bits per heavy atom. The van der Waals surface area contributed by atoms with Crippen LogP contribution in [0.3, 0.4) is 0 Å². The van der Waals surface area contributed by atoms with E-state index in [9.17, 15) is 9.90 Å². The van der Waals surface area contributed by atoms with E-state index in [1.54, 1.807) is 12.1 Å². The van der Waals surface area contributed by atoms with Gasteiger partial charge in [0.2, 0.25) is 5.91 Å². The predicted molar refractivity (Wildman–Crippen MR) is 55.4 cm³/mol. The van der Waals surface area contributed by atoms with Crippen LogP contribution in [0.5, 0.6) is 5.75 Å². The van der Waals surface area contributed by atoms with E-state index >= 15 is 0 Å². The first kappa shape index (κ1) is 8.77. The summed E-state index contributed by atoms with van der Waals surface area (Å²) in [5.41, 5.74) is 1.28. The molecule has 2 N–H and O–H groups in total. The monoisotopic (exact) mass is 203 g/mol.